The highest BCUT2D eigenvalue weighted by Crippen LogP contribution is 2.30. The number of hydrogen-bond donors (Lipinski definition) is 0. The van der Waals surface area contributed by atoms with Crippen LogP contribution in [0.5, 0.6) is 0 Å². The van der Waals surface area contributed by atoms with E-state index in [4.69, 9.17) is 0 Å². The second-order valence-corrected chi connectivity index (χ2v) is 7.11. The molecule has 0 fully saturated rings. The van der Waals surface area contributed by atoms with Crippen LogP contribution in [0.15, 0.2) is 109 Å². The molecule has 0 saturated heterocycles. The summed E-state index contributed by atoms with van der Waals surface area (Å²) in [6.07, 6.45) is 0. The van der Waals surface area contributed by atoms with E-state index in [-0.39, 0.29) is 0 Å². The molecule has 5 aromatic carbocycles. The Kier molecular flexibility index (Phi) is 4.75. The van der Waals surface area contributed by atoms with Gasteiger partial charge in [0.25, 0.3) is 0 Å². The van der Waals surface area contributed by atoms with E-state index in [0.29, 0.717) is 0 Å². The van der Waals surface area contributed by atoms with Crippen LogP contribution < -0.4 is 0 Å². The highest BCUT2D eigenvalue weighted by molar-refractivity contribution is 6.07. The molecule has 5 rings (SSSR count). The van der Waals surface area contributed by atoms with Crippen molar-refractivity contribution in [3.63, 3.8) is 0 Å². The third-order valence-electron chi connectivity index (χ3n) is 5.11. The van der Waals surface area contributed by atoms with E-state index in [0.717, 1.165) is 38.4 Å². The van der Waals surface area contributed by atoms with E-state index in [9.17, 15) is 0 Å². The smallest absolute Gasteiger partial charge is 0.0418 e. The highest BCUT2D eigenvalue weighted by Gasteiger charge is 2.09. The van der Waals surface area contributed by atoms with Crippen LogP contribution in [0.25, 0.3) is 21.5 Å². The average Bonchev–Trinajstić information content (AvgIpc) is 2.81. The van der Waals surface area contributed by atoms with Crippen LogP contribution in [0, 0.1) is 23.7 Å². The molecule has 0 aliphatic rings. The summed E-state index contributed by atoms with van der Waals surface area (Å²) in [6.45, 7) is 0. The third-order valence-corrected chi connectivity index (χ3v) is 5.11. The van der Waals surface area contributed by atoms with Crippen molar-refractivity contribution in [1.29, 1.82) is 0 Å². The molecule has 0 radical (unpaired) electrons. The zero-order chi connectivity index (χ0) is 20.2. The fourth-order valence-electron chi connectivity index (χ4n) is 3.67. The molecule has 0 spiro atoms. The Labute approximate surface area is 176 Å². The molecule has 5 aromatic rings. The number of benzene rings is 5. The van der Waals surface area contributed by atoms with E-state index < -0.39 is 0 Å². The van der Waals surface area contributed by atoms with E-state index in [1.54, 1.807) is 0 Å². The molecule has 0 heterocycles. The number of rotatable bonds is 0. The summed E-state index contributed by atoms with van der Waals surface area (Å²) in [6, 6.07) is 37.2. The molecule has 0 atom stereocenters. The van der Waals surface area contributed by atoms with Gasteiger partial charge in [-0.15, -0.1) is 0 Å². The predicted octanol–water partition coefficient (Wildman–Crippen LogP) is 6.79. The van der Waals surface area contributed by atoms with Crippen molar-refractivity contribution in [2.45, 2.75) is 0 Å². The molecule has 0 heteroatoms. The van der Waals surface area contributed by atoms with Gasteiger partial charge in [-0.05, 0) is 52.6 Å². The topological polar surface area (TPSA) is 0 Å². The van der Waals surface area contributed by atoms with Gasteiger partial charge in [0.1, 0.15) is 0 Å². The molecule has 0 nitrogen and oxygen atoms in total. The zero-order valence-corrected chi connectivity index (χ0v) is 16.4. The summed E-state index contributed by atoms with van der Waals surface area (Å²) in [7, 11) is 0. The summed E-state index contributed by atoms with van der Waals surface area (Å²) < 4.78 is 0. The lowest BCUT2D eigenvalue weighted by molar-refractivity contribution is 1.64. The van der Waals surface area contributed by atoms with E-state index >= 15 is 0 Å². The van der Waals surface area contributed by atoms with Gasteiger partial charge in [-0.1, -0.05) is 96.5 Å². The van der Waals surface area contributed by atoms with Gasteiger partial charge in [-0.2, -0.15) is 0 Å². The molecule has 0 aliphatic heterocycles. The van der Waals surface area contributed by atoms with Gasteiger partial charge in [0.15, 0.2) is 0 Å². The lowest BCUT2D eigenvalue weighted by atomic mass is 9.93. The van der Waals surface area contributed by atoms with Gasteiger partial charge in [0, 0.05) is 27.6 Å². The first-order valence-electron chi connectivity index (χ1n) is 9.97. The monoisotopic (exact) mass is 378 g/mol. The first-order chi connectivity index (χ1) is 14.9. The van der Waals surface area contributed by atoms with Crippen LogP contribution in [0.2, 0.25) is 0 Å². The lowest BCUT2D eigenvalue weighted by Gasteiger charge is -2.09. The van der Waals surface area contributed by atoms with E-state index in [2.05, 4.69) is 72.2 Å². The van der Waals surface area contributed by atoms with Crippen LogP contribution in [0.4, 0.5) is 0 Å². The highest BCUT2D eigenvalue weighted by atomic mass is 14.1. The SMILES string of the molecule is C(#Cc1cccc2cc3ccccc3c(C#Cc3ccccc3)c12)c1ccccc1. The Morgan fingerprint density at radius 1 is 0.433 bits per heavy atom. The van der Waals surface area contributed by atoms with Crippen molar-refractivity contribution < 1.29 is 0 Å². The van der Waals surface area contributed by atoms with Crippen molar-refractivity contribution >= 4 is 21.5 Å². The summed E-state index contributed by atoms with van der Waals surface area (Å²) in [5.41, 5.74) is 4.04. The molecule has 0 unspecified atom stereocenters. The number of hydrogen-bond acceptors (Lipinski definition) is 0. The first kappa shape index (κ1) is 17.8. The van der Waals surface area contributed by atoms with Gasteiger partial charge in [-0.3, -0.25) is 0 Å². The van der Waals surface area contributed by atoms with Crippen LogP contribution in [0.1, 0.15) is 22.3 Å². The molecule has 0 N–H and O–H groups in total. The van der Waals surface area contributed by atoms with Crippen molar-refractivity contribution in [3.05, 3.63) is 131 Å². The van der Waals surface area contributed by atoms with E-state index in [1.165, 1.54) is 5.39 Å². The molecule has 0 aromatic heterocycles. The van der Waals surface area contributed by atoms with Gasteiger partial charge in [0.05, 0.1) is 0 Å². The standard InChI is InChI=1S/C30H18/c1-3-10-23(11-4-1)18-20-25-15-9-16-27-22-26-14-7-8-17-28(26)29(30(25)27)21-19-24-12-5-2-6-13-24/h1-17,22H. The molecular weight excluding hydrogens is 360 g/mol. The maximum absolute atomic E-state index is 3.47. The van der Waals surface area contributed by atoms with Crippen LogP contribution in [-0.4, -0.2) is 0 Å². The largest absolute Gasteiger partial charge is 0.0622 e. The number of fused-ring (bicyclic) bond motifs is 2. The maximum Gasteiger partial charge on any atom is 0.0418 e. The molecule has 0 bridgehead atoms. The minimum Gasteiger partial charge on any atom is -0.0622 e. The Morgan fingerprint density at radius 3 is 1.77 bits per heavy atom. The lowest BCUT2D eigenvalue weighted by Crippen LogP contribution is -1.89. The minimum atomic E-state index is 1.000. The summed E-state index contributed by atoms with van der Waals surface area (Å²) in [5, 5.41) is 4.62. The minimum absolute atomic E-state index is 1.000. The molecule has 138 valence electrons. The fourth-order valence-corrected chi connectivity index (χ4v) is 3.67. The summed E-state index contributed by atoms with van der Waals surface area (Å²) in [5.74, 6) is 13.5. The zero-order valence-electron chi connectivity index (χ0n) is 16.4. The summed E-state index contributed by atoms with van der Waals surface area (Å²) in [4.78, 5) is 0. The summed E-state index contributed by atoms with van der Waals surface area (Å²) >= 11 is 0. The van der Waals surface area contributed by atoms with Crippen molar-refractivity contribution in [1.82, 2.24) is 0 Å². The quantitative estimate of drug-likeness (QED) is 0.205. The Balaban J connectivity index is 1.78. The molecule has 30 heavy (non-hydrogen) atoms. The van der Waals surface area contributed by atoms with Crippen molar-refractivity contribution in [2.24, 2.45) is 0 Å². The molecule has 0 aliphatic carbocycles. The van der Waals surface area contributed by atoms with Gasteiger partial charge in [-0.25, -0.2) is 0 Å². The van der Waals surface area contributed by atoms with Gasteiger partial charge in [0.2, 0.25) is 0 Å². The van der Waals surface area contributed by atoms with Crippen molar-refractivity contribution in [2.75, 3.05) is 0 Å². The second kappa shape index (κ2) is 8.00. The molecular formula is C30H18. The first-order valence-corrected chi connectivity index (χ1v) is 9.97. The van der Waals surface area contributed by atoms with Gasteiger partial charge < -0.3 is 0 Å². The Bertz CT molecular complexity index is 1470. The van der Waals surface area contributed by atoms with Crippen LogP contribution >= 0.6 is 0 Å². The predicted molar refractivity (Wildman–Crippen MR) is 126 cm³/mol. The molecule has 0 saturated carbocycles. The van der Waals surface area contributed by atoms with Crippen LogP contribution in [0.3, 0.4) is 0 Å². The fraction of sp³-hybridized carbons (Fsp3) is 0. The Hall–Kier alpha value is -4.26. The normalized spacial score (nSPS) is 10.1. The van der Waals surface area contributed by atoms with Gasteiger partial charge >= 0.3 is 0 Å². The third kappa shape index (κ3) is 3.56. The van der Waals surface area contributed by atoms with Crippen molar-refractivity contribution in [3.8, 4) is 23.7 Å². The maximum atomic E-state index is 3.47. The average molecular weight is 378 g/mol. The van der Waals surface area contributed by atoms with Crippen LogP contribution in [-0.2, 0) is 0 Å². The Morgan fingerprint density at radius 2 is 1.03 bits per heavy atom. The molecule has 0 amide bonds. The second-order valence-electron chi connectivity index (χ2n) is 7.11. The van der Waals surface area contributed by atoms with E-state index in [1.807, 2.05) is 60.7 Å².